The number of carbonyl (C=O) groups is 4. The summed E-state index contributed by atoms with van der Waals surface area (Å²) in [6.45, 7) is 6.17. The Morgan fingerprint density at radius 2 is 1.18 bits per heavy atom. The Kier molecular flexibility index (Phi) is 3.48. The molecule has 196 valence electrons. The van der Waals surface area contributed by atoms with Gasteiger partial charge >= 0.3 is 0 Å². The summed E-state index contributed by atoms with van der Waals surface area (Å²) in [6.07, 6.45) is 1.27. The van der Waals surface area contributed by atoms with Crippen molar-refractivity contribution in [3.8, 4) is 11.1 Å². The zero-order valence-corrected chi connectivity index (χ0v) is 23.0. The lowest BCUT2D eigenvalue weighted by atomic mass is 9.56. The quantitative estimate of drug-likeness (QED) is 0.321. The first-order valence-corrected chi connectivity index (χ1v) is 13.9. The predicted octanol–water partition coefficient (Wildman–Crippen LogP) is 5.17. The van der Waals surface area contributed by atoms with E-state index in [1.54, 1.807) is 7.05 Å². The second kappa shape index (κ2) is 6.20. The van der Waals surface area contributed by atoms with Gasteiger partial charge in [-0.3, -0.25) is 29.0 Å². The van der Waals surface area contributed by atoms with Crippen LogP contribution in [-0.4, -0.2) is 47.5 Å². The van der Waals surface area contributed by atoms with Crippen LogP contribution in [0.1, 0.15) is 82.1 Å². The minimum Gasteiger partial charge on any atom is -0.284 e. The van der Waals surface area contributed by atoms with Crippen LogP contribution in [0.2, 0.25) is 0 Å². The highest BCUT2D eigenvalue weighted by atomic mass is 16.2. The van der Waals surface area contributed by atoms with Crippen LogP contribution in [0.15, 0.2) is 42.5 Å². The molecule has 1 saturated heterocycles. The van der Waals surface area contributed by atoms with Crippen LogP contribution in [0.4, 0.5) is 0 Å². The van der Waals surface area contributed by atoms with Gasteiger partial charge in [0.15, 0.2) is 0 Å². The zero-order chi connectivity index (χ0) is 27.8. The highest BCUT2D eigenvalue weighted by Gasteiger charge is 2.62. The third-order valence-corrected chi connectivity index (χ3v) is 11.1. The third-order valence-electron chi connectivity index (χ3n) is 11.1. The fourth-order valence-corrected chi connectivity index (χ4v) is 9.20. The summed E-state index contributed by atoms with van der Waals surface area (Å²) in [5.74, 6) is -0.865. The summed E-state index contributed by atoms with van der Waals surface area (Å²) in [7, 11) is 3.15. The molecule has 40 heavy (non-hydrogen) atoms. The number of piperidine rings is 1. The van der Waals surface area contributed by atoms with Crippen LogP contribution < -0.4 is 0 Å². The van der Waals surface area contributed by atoms with E-state index in [1.807, 2.05) is 32.0 Å². The molecule has 9 rings (SSSR count). The van der Waals surface area contributed by atoms with Crippen LogP contribution in [-0.2, 0) is 25.8 Å². The van der Waals surface area contributed by atoms with E-state index in [0.717, 1.165) is 55.8 Å². The third kappa shape index (κ3) is 1.95. The number of carbonyl (C=O) groups excluding carboxylic acids is 4. The number of likely N-dealkylation sites (tertiary alicyclic amines) is 1. The van der Waals surface area contributed by atoms with Gasteiger partial charge in [-0.05, 0) is 93.9 Å². The molecule has 0 aromatic heterocycles. The molecule has 6 heteroatoms. The summed E-state index contributed by atoms with van der Waals surface area (Å²) in [4.78, 5) is 56.5. The molecule has 3 aliphatic carbocycles. The lowest BCUT2D eigenvalue weighted by Gasteiger charge is -2.50. The van der Waals surface area contributed by atoms with E-state index in [0.29, 0.717) is 17.5 Å². The smallest absolute Gasteiger partial charge is 0.261 e. The molecule has 2 heterocycles. The van der Waals surface area contributed by atoms with Gasteiger partial charge in [-0.25, -0.2) is 0 Å². The van der Waals surface area contributed by atoms with Crippen LogP contribution in [0, 0.1) is 0 Å². The molecule has 0 saturated carbocycles. The van der Waals surface area contributed by atoms with Crippen LogP contribution in [0.5, 0.6) is 0 Å². The minimum atomic E-state index is -0.812. The van der Waals surface area contributed by atoms with Gasteiger partial charge in [0.25, 0.3) is 11.8 Å². The number of likely N-dealkylation sites (N-methyl/N-ethyl adjacent to an activating group) is 1. The Balaban J connectivity index is 1.50. The van der Waals surface area contributed by atoms with Crippen molar-refractivity contribution in [1.82, 2.24) is 9.80 Å². The van der Waals surface area contributed by atoms with Crippen molar-refractivity contribution in [3.05, 3.63) is 81.4 Å². The van der Waals surface area contributed by atoms with Gasteiger partial charge in [-0.1, -0.05) is 37.3 Å². The lowest BCUT2D eigenvalue weighted by Crippen LogP contribution is -2.62. The molecule has 2 bridgehead atoms. The second-order valence-electron chi connectivity index (χ2n) is 12.8. The molecular weight excluding hydrogens is 500 g/mol. The Bertz CT molecular complexity index is 2050. The average molecular weight is 527 g/mol. The largest absolute Gasteiger partial charge is 0.284 e. The summed E-state index contributed by atoms with van der Waals surface area (Å²) < 4.78 is 0. The maximum Gasteiger partial charge on any atom is 0.261 e. The maximum atomic E-state index is 13.8. The van der Waals surface area contributed by atoms with Gasteiger partial charge in [0, 0.05) is 36.0 Å². The Morgan fingerprint density at radius 1 is 0.625 bits per heavy atom. The summed E-state index contributed by atoms with van der Waals surface area (Å²) >= 11 is 0. The number of nitrogens with zero attached hydrogens (tertiary/aromatic N) is 2. The number of fused-ring (bicyclic) bond motifs is 7. The number of imide groups is 2. The van der Waals surface area contributed by atoms with Gasteiger partial charge in [-0.2, -0.15) is 0 Å². The topological polar surface area (TPSA) is 74.8 Å². The Labute approximate surface area is 230 Å². The van der Waals surface area contributed by atoms with Crippen molar-refractivity contribution in [3.63, 3.8) is 0 Å². The van der Waals surface area contributed by atoms with Crippen molar-refractivity contribution in [2.45, 2.75) is 49.9 Å². The van der Waals surface area contributed by atoms with Crippen molar-refractivity contribution >= 4 is 45.2 Å². The van der Waals surface area contributed by atoms with Gasteiger partial charge in [0.1, 0.15) is 0 Å². The first-order valence-electron chi connectivity index (χ1n) is 13.9. The Hall–Kier alpha value is -4.32. The molecule has 5 aliphatic rings. The van der Waals surface area contributed by atoms with E-state index >= 15 is 0 Å². The molecule has 2 aliphatic heterocycles. The van der Waals surface area contributed by atoms with E-state index < -0.39 is 10.8 Å². The fourth-order valence-electron chi connectivity index (χ4n) is 9.20. The van der Waals surface area contributed by atoms with Crippen LogP contribution in [0.25, 0.3) is 32.7 Å². The normalized spacial score (nSPS) is 28.5. The maximum absolute atomic E-state index is 13.8. The molecule has 4 amide bonds. The van der Waals surface area contributed by atoms with E-state index in [4.69, 9.17) is 0 Å². The summed E-state index contributed by atoms with van der Waals surface area (Å²) in [5.41, 5.74) is 6.70. The average Bonchev–Trinajstić information content (AvgIpc) is 3.64. The standard InChI is InChI=1S/C34H26N2O4/c1-6-34-20-12-10-18-23-17(28(37)35(4)29(18)38)8-7-15(24(20)23)16-9-11-19-26-21(13-22(34)27(34)25(16)26)33(3)14-32(19,2)30(39)36(5)31(33)40/h7-13H,6,14H2,1-5H3. The predicted molar refractivity (Wildman–Crippen MR) is 151 cm³/mol. The highest BCUT2D eigenvalue weighted by Crippen LogP contribution is 2.68. The number of hydrogen-bond donors (Lipinski definition) is 0. The fraction of sp³-hybridized carbons (Fsp3) is 0.294. The molecule has 6 nitrogen and oxygen atoms in total. The van der Waals surface area contributed by atoms with E-state index in [-0.39, 0.29) is 29.0 Å². The number of amides is 4. The zero-order valence-electron chi connectivity index (χ0n) is 23.0. The van der Waals surface area contributed by atoms with E-state index in [1.165, 1.54) is 28.0 Å². The van der Waals surface area contributed by atoms with E-state index in [9.17, 15) is 19.2 Å². The second-order valence-corrected chi connectivity index (χ2v) is 12.8. The molecule has 4 aromatic carbocycles. The van der Waals surface area contributed by atoms with Crippen molar-refractivity contribution in [2.24, 2.45) is 0 Å². The first-order chi connectivity index (χ1) is 19.0. The number of benzene rings is 4. The van der Waals surface area contributed by atoms with Crippen LogP contribution in [0.3, 0.4) is 0 Å². The monoisotopic (exact) mass is 526 g/mol. The van der Waals surface area contributed by atoms with Gasteiger partial charge in [0.2, 0.25) is 11.8 Å². The van der Waals surface area contributed by atoms with Crippen molar-refractivity contribution < 1.29 is 19.2 Å². The Morgan fingerprint density at radius 3 is 1.85 bits per heavy atom. The van der Waals surface area contributed by atoms with Gasteiger partial charge < -0.3 is 0 Å². The number of hydrogen-bond acceptors (Lipinski definition) is 4. The number of rotatable bonds is 1. The van der Waals surface area contributed by atoms with Crippen molar-refractivity contribution in [2.75, 3.05) is 14.1 Å². The highest BCUT2D eigenvalue weighted by molar-refractivity contribution is 6.29. The SMILES string of the molecule is CCC12c3cc4c5c(ccc(c5c31)-c1ccc3c5c(ccc2c15)C(=O)N(C)C3=O)C1(C)CC4(C)C(=O)N(C)C1=O. The summed E-state index contributed by atoms with van der Waals surface area (Å²) in [6, 6.07) is 14.3. The molecule has 1 fully saturated rings. The van der Waals surface area contributed by atoms with Crippen molar-refractivity contribution in [1.29, 1.82) is 0 Å². The molecule has 4 aromatic rings. The molecule has 0 N–H and O–H groups in total. The molecule has 0 radical (unpaired) electrons. The van der Waals surface area contributed by atoms with E-state index in [2.05, 4.69) is 31.2 Å². The molecule has 3 atom stereocenters. The first kappa shape index (κ1) is 22.5. The van der Waals surface area contributed by atoms with Gasteiger partial charge in [0.05, 0.1) is 10.8 Å². The summed E-state index contributed by atoms with van der Waals surface area (Å²) in [5, 5.41) is 3.85. The van der Waals surface area contributed by atoms with Gasteiger partial charge in [-0.15, -0.1) is 0 Å². The van der Waals surface area contributed by atoms with Crippen LogP contribution >= 0.6 is 0 Å². The lowest BCUT2D eigenvalue weighted by molar-refractivity contribution is -0.156. The molecule has 3 unspecified atom stereocenters. The molecule has 0 spiro atoms. The minimum absolute atomic E-state index is 0.146. The molecular formula is C34H26N2O4.